The molecule has 2 aliphatic rings. The lowest BCUT2D eigenvalue weighted by Crippen LogP contribution is -2.54. The standard InChI is InChI=1S/C28H31F7N2O5S/c1-24(2)22(12-13-25(24,3)39)36-23(38)15-19-8-4-16-14-17(26(40,27(30,31)32)28(33,34)35)5-11-21(16)37(19)43(41,42)20-9-6-18(29)7-10-20/h5-7,9-11,14,19,22,39-40H,4,8,12-13,15H2,1-3H3,(H,36,38)/t19-,22-,25-/m0/s1. The molecule has 0 aromatic heterocycles. The summed E-state index contributed by atoms with van der Waals surface area (Å²) in [4.78, 5) is 12.8. The van der Waals surface area contributed by atoms with Gasteiger partial charge in [0.05, 0.1) is 22.2 Å². The van der Waals surface area contributed by atoms with Crippen molar-refractivity contribution in [3.05, 3.63) is 59.4 Å². The third kappa shape index (κ3) is 5.59. The first-order valence-corrected chi connectivity index (χ1v) is 14.8. The molecule has 0 bridgehead atoms. The van der Waals surface area contributed by atoms with Gasteiger partial charge in [-0.3, -0.25) is 9.10 Å². The molecule has 3 atom stereocenters. The Kier molecular flexibility index (Phi) is 8.15. The first-order valence-electron chi connectivity index (χ1n) is 13.3. The van der Waals surface area contributed by atoms with E-state index in [1.165, 1.54) is 0 Å². The Morgan fingerprint density at radius 1 is 1.00 bits per heavy atom. The van der Waals surface area contributed by atoms with E-state index in [0.29, 0.717) is 25.0 Å². The molecule has 1 fully saturated rings. The highest BCUT2D eigenvalue weighted by Gasteiger charge is 2.71. The molecule has 7 nitrogen and oxygen atoms in total. The molecule has 2 aromatic rings. The number of rotatable bonds is 6. The number of hydrogen-bond acceptors (Lipinski definition) is 5. The third-order valence-corrected chi connectivity index (χ3v) is 10.8. The number of anilines is 1. The van der Waals surface area contributed by atoms with Crippen molar-refractivity contribution in [1.82, 2.24) is 5.32 Å². The predicted octanol–water partition coefficient (Wildman–Crippen LogP) is 5.09. The van der Waals surface area contributed by atoms with Crippen LogP contribution in [-0.4, -0.2) is 54.6 Å². The van der Waals surface area contributed by atoms with Crippen LogP contribution in [0.15, 0.2) is 47.4 Å². The van der Waals surface area contributed by atoms with Crippen LogP contribution in [0.4, 0.5) is 36.4 Å². The second-order valence-corrected chi connectivity index (χ2v) is 13.7. The Morgan fingerprint density at radius 3 is 2.09 bits per heavy atom. The zero-order valence-corrected chi connectivity index (χ0v) is 24.2. The number of halogens is 7. The van der Waals surface area contributed by atoms with Crippen LogP contribution in [0.25, 0.3) is 0 Å². The van der Waals surface area contributed by atoms with Gasteiger partial charge >= 0.3 is 12.4 Å². The number of carbonyl (C=O) groups is 1. The monoisotopic (exact) mass is 640 g/mol. The third-order valence-electron chi connectivity index (χ3n) is 8.94. The summed E-state index contributed by atoms with van der Waals surface area (Å²) in [7, 11) is -4.62. The van der Waals surface area contributed by atoms with Crippen molar-refractivity contribution in [2.24, 2.45) is 5.41 Å². The number of sulfonamides is 1. The Labute approximate surface area is 243 Å². The van der Waals surface area contributed by atoms with E-state index in [9.17, 15) is 54.2 Å². The van der Waals surface area contributed by atoms with Gasteiger partial charge in [0.2, 0.25) is 5.91 Å². The molecule has 238 valence electrons. The summed E-state index contributed by atoms with van der Waals surface area (Å²) in [6.07, 6.45) is -12.3. The molecular weight excluding hydrogens is 609 g/mol. The van der Waals surface area contributed by atoms with Crippen LogP contribution in [0, 0.1) is 11.2 Å². The minimum Gasteiger partial charge on any atom is -0.390 e. The SMILES string of the molecule is CC1(C)[C@@H](NC(=O)C[C@@H]2CCc3cc(C(O)(C(F)(F)F)C(F)(F)F)ccc3N2S(=O)(=O)c2ccc(F)cc2)CC[C@]1(C)O. The van der Waals surface area contributed by atoms with E-state index in [1.54, 1.807) is 20.8 Å². The highest BCUT2D eigenvalue weighted by atomic mass is 32.2. The van der Waals surface area contributed by atoms with E-state index in [-0.39, 0.29) is 24.1 Å². The van der Waals surface area contributed by atoms with E-state index in [4.69, 9.17) is 0 Å². The van der Waals surface area contributed by atoms with Crippen LogP contribution >= 0.6 is 0 Å². The van der Waals surface area contributed by atoms with Crippen LogP contribution in [0.1, 0.15) is 57.6 Å². The van der Waals surface area contributed by atoms with Gasteiger partial charge in [-0.2, -0.15) is 26.3 Å². The molecule has 15 heteroatoms. The van der Waals surface area contributed by atoms with Crippen LogP contribution in [-0.2, 0) is 26.8 Å². The fourth-order valence-electron chi connectivity index (χ4n) is 5.78. The maximum Gasteiger partial charge on any atom is 0.430 e. The summed E-state index contributed by atoms with van der Waals surface area (Å²) >= 11 is 0. The van der Waals surface area contributed by atoms with E-state index >= 15 is 0 Å². The van der Waals surface area contributed by atoms with Gasteiger partial charge in [-0.15, -0.1) is 0 Å². The molecule has 1 saturated carbocycles. The second kappa shape index (κ2) is 10.6. The molecule has 43 heavy (non-hydrogen) atoms. The smallest absolute Gasteiger partial charge is 0.390 e. The number of nitrogens with zero attached hydrogens (tertiary/aromatic N) is 1. The number of benzene rings is 2. The molecule has 3 N–H and O–H groups in total. The lowest BCUT2D eigenvalue weighted by atomic mass is 9.76. The van der Waals surface area contributed by atoms with Gasteiger partial charge in [0.25, 0.3) is 15.6 Å². The van der Waals surface area contributed by atoms with E-state index in [1.807, 2.05) is 0 Å². The summed E-state index contributed by atoms with van der Waals surface area (Å²) in [5.74, 6) is -1.34. The van der Waals surface area contributed by atoms with Crippen molar-refractivity contribution in [2.75, 3.05) is 4.31 Å². The number of hydrogen-bond donors (Lipinski definition) is 3. The van der Waals surface area contributed by atoms with Crippen LogP contribution in [0.5, 0.6) is 0 Å². The van der Waals surface area contributed by atoms with Crippen molar-refractivity contribution in [3.63, 3.8) is 0 Å². The summed E-state index contributed by atoms with van der Waals surface area (Å²) in [6.45, 7) is 5.18. The predicted molar refractivity (Wildman–Crippen MR) is 141 cm³/mol. The number of carbonyl (C=O) groups excluding carboxylic acids is 1. The Morgan fingerprint density at radius 2 is 1.58 bits per heavy atom. The summed E-state index contributed by atoms with van der Waals surface area (Å²) in [5, 5.41) is 23.4. The minimum absolute atomic E-state index is 0.174. The van der Waals surface area contributed by atoms with Crippen molar-refractivity contribution < 1.29 is 54.2 Å². The fraction of sp³-hybridized carbons (Fsp3) is 0.536. The molecule has 1 aliphatic carbocycles. The number of amides is 1. The van der Waals surface area contributed by atoms with Crippen molar-refractivity contribution in [2.45, 2.75) is 93.4 Å². The molecular formula is C28H31F7N2O5S. The Balaban J connectivity index is 1.76. The first-order chi connectivity index (χ1) is 19.5. The fourth-order valence-corrected chi connectivity index (χ4v) is 7.50. The number of fused-ring (bicyclic) bond motifs is 1. The number of alkyl halides is 6. The summed E-state index contributed by atoms with van der Waals surface area (Å²) in [5.41, 5.74) is -9.10. The van der Waals surface area contributed by atoms with Crippen LogP contribution in [0.3, 0.4) is 0 Å². The van der Waals surface area contributed by atoms with E-state index in [2.05, 4.69) is 5.32 Å². The van der Waals surface area contributed by atoms with Gasteiger partial charge in [-0.25, -0.2) is 12.8 Å². The zero-order valence-electron chi connectivity index (χ0n) is 23.4. The van der Waals surface area contributed by atoms with Crippen molar-refractivity contribution >= 4 is 21.6 Å². The van der Waals surface area contributed by atoms with Gasteiger partial charge in [-0.05, 0) is 68.5 Å². The highest BCUT2D eigenvalue weighted by molar-refractivity contribution is 7.92. The topological polar surface area (TPSA) is 107 Å². The molecule has 1 amide bonds. The molecule has 4 rings (SSSR count). The minimum atomic E-state index is -6.15. The average molecular weight is 641 g/mol. The van der Waals surface area contributed by atoms with Gasteiger partial charge in [-0.1, -0.05) is 26.0 Å². The van der Waals surface area contributed by atoms with Crippen LogP contribution < -0.4 is 9.62 Å². The Bertz CT molecular complexity index is 1470. The molecule has 0 saturated heterocycles. The molecule has 1 aliphatic heterocycles. The second-order valence-electron chi connectivity index (χ2n) is 11.9. The molecule has 0 unspecified atom stereocenters. The maximum absolute atomic E-state index is 13.8. The van der Waals surface area contributed by atoms with Gasteiger partial charge in [0, 0.05) is 23.4 Å². The quantitative estimate of drug-likeness (QED) is 0.382. The summed E-state index contributed by atoms with van der Waals surface area (Å²) < 4.78 is 123. The van der Waals surface area contributed by atoms with Crippen LogP contribution in [0.2, 0.25) is 0 Å². The average Bonchev–Trinajstić information content (AvgIpc) is 3.08. The molecule has 2 aromatic carbocycles. The number of nitrogens with one attached hydrogen (secondary N) is 1. The largest absolute Gasteiger partial charge is 0.430 e. The van der Waals surface area contributed by atoms with Crippen molar-refractivity contribution in [3.8, 4) is 0 Å². The normalized spacial score (nSPS) is 24.5. The van der Waals surface area contributed by atoms with Gasteiger partial charge in [0.15, 0.2) is 0 Å². The van der Waals surface area contributed by atoms with E-state index in [0.717, 1.165) is 34.6 Å². The van der Waals surface area contributed by atoms with E-state index < -0.39 is 79.7 Å². The van der Waals surface area contributed by atoms with Crippen molar-refractivity contribution in [1.29, 1.82) is 0 Å². The Hall–Kier alpha value is -2.91. The number of aryl methyl sites for hydroxylation is 1. The molecule has 1 heterocycles. The number of aliphatic hydroxyl groups is 2. The van der Waals surface area contributed by atoms with Gasteiger partial charge in [0.1, 0.15) is 5.82 Å². The highest BCUT2D eigenvalue weighted by Crippen LogP contribution is 2.51. The molecule has 0 radical (unpaired) electrons. The lowest BCUT2D eigenvalue weighted by molar-refractivity contribution is -0.376. The lowest BCUT2D eigenvalue weighted by Gasteiger charge is -2.40. The summed E-state index contributed by atoms with van der Waals surface area (Å²) in [6, 6.07) is 3.57. The van der Waals surface area contributed by atoms with Gasteiger partial charge < -0.3 is 15.5 Å². The molecule has 0 spiro atoms. The maximum atomic E-state index is 13.8. The zero-order chi connectivity index (χ0) is 32.4. The first kappa shape index (κ1) is 33.0.